The number of hydrogen-bond donors (Lipinski definition) is 0. The number of hydrogen-bond acceptors (Lipinski definition) is 3. The zero-order valence-electron chi connectivity index (χ0n) is 24.2. The van der Waals surface area contributed by atoms with Crippen LogP contribution >= 0.6 is 0 Å². The molecule has 3 nitrogen and oxygen atoms in total. The zero-order chi connectivity index (χ0) is 29.5. The molecule has 10 rings (SSSR count). The van der Waals surface area contributed by atoms with Gasteiger partial charge in [0, 0.05) is 44.7 Å². The fraction of sp³-hybridized carbons (Fsp3) is 0. The lowest BCUT2D eigenvalue weighted by Gasteiger charge is -2.26. The predicted molar refractivity (Wildman–Crippen MR) is 188 cm³/mol. The maximum absolute atomic E-state index is 6.34. The Balaban J connectivity index is 1.21. The molecule has 0 aliphatic rings. The van der Waals surface area contributed by atoms with Crippen LogP contribution in [0.15, 0.2) is 160 Å². The summed E-state index contributed by atoms with van der Waals surface area (Å²) in [6.45, 7) is 0. The number of furan rings is 2. The lowest BCUT2D eigenvalue weighted by Crippen LogP contribution is -2.09. The van der Waals surface area contributed by atoms with Crippen molar-refractivity contribution in [1.82, 2.24) is 0 Å². The molecule has 0 atom stereocenters. The van der Waals surface area contributed by atoms with Crippen LogP contribution in [-0.4, -0.2) is 0 Å². The average Bonchev–Trinajstić information content (AvgIpc) is 3.66. The maximum atomic E-state index is 6.34. The van der Waals surface area contributed by atoms with Gasteiger partial charge in [-0.2, -0.15) is 0 Å². The molecule has 0 N–H and O–H groups in total. The molecule has 0 bridgehead atoms. The van der Waals surface area contributed by atoms with E-state index in [4.69, 9.17) is 8.83 Å². The van der Waals surface area contributed by atoms with Crippen molar-refractivity contribution in [1.29, 1.82) is 0 Å². The van der Waals surface area contributed by atoms with Gasteiger partial charge in [-0.05, 0) is 86.9 Å². The molecule has 0 saturated heterocycles. The normalized spacial score (nSPS) is 12.0. The Kier molecular flexibility index (Phi) is 5.00. The Morgan fingerprint density at radius 3 is 1.58 bits per heavy atom. The van der Waals surface area contributed by atoms with Crippen LogP contribution in [0.1, 0.15) is 0 Å². The minimum atomic E-state index is 0.868. The topological polar surface area (TPSA) is 29.5 Å². The fourth-order valence-electron chi connectivity index (χ4n) is 7.11. The summed E-state index contributed by atoms with van der Waals surface area (Å²) in [5.41, 5.74) is 6.69. The summed E-state index contributed by atoms with van der Waals surface area (Å²) in [5, 5.41) is 12.0. The molecule has 0 amide bonds. The van der Waals surface area contributed by atoms with Crippen LogP contribution in [0.4, 0.5) is 17.1 Å². The number of rotatable bonds is 3. The Morgan fingerprint density at radius 2 is 0.778 bits per heavy atom. The summed E-state index contributed by atoms with van der Waals surface area (Å²) < 4.78 is 12.5. The molecule has 210 valence electrons. The van der Waals surface area contributed by atoms with Gasteiger partial charge in [0.15, 0.2) is 0 Å². The lowest BCUT2D eigenvalue weighted by atomic mass is 9.96. The third kappa shape index (κ3) is 3.65. The van der Waals surface area contributed by atoms with Gasteiger partial charge in [-0.3, -0.25) is 0 Å². The second-order valence-corrected chi connectivity index (χ2v) is 11.7. The highest BCUT2D eigenvalue weighted by Crippen LogP contribution is 2.42. The largest absolute Gasteiger partial charge is 0.456 e. The Labute approximate surface area is 258 Å². The van der Waals surface area contributed by atoms with Crippen molar-refractivity contribution in [3.05, 3.63) is 152 Å². The Hall–Kier alpha value is -6.06. The van der Waals surface area contributed by atoms with Crippen LogP contribution in [0.3, 0.4) is 0 Å². The van der Waals surface area contributed by atoms with Crippen LogP contribution in [0.25, 0.3) is 76.2 Å². The van der Waals surface area contributed by atoms with Gasteiger partial charge in [0.1, 0.15) is 22.3 Å². The first-order valence-corrected chi connectivity index (χ1v) is 15.3. The van der Waals surface area contributed by atoms with Crippen LogP contribution < -0.4 is 4.90 Å². The standard InChI is InChI=1S/C42H25NO2/c1-2-8-31-26(7-1)13-18-34-32-20-15-28(23-27(32)14-19-33(31)34)43(29-17-22-41-38(24-29)36-10-4-6-12-40(36)44-41)30-16-21-37-35-9-3-5-11-39(35)45-42(37)25-30/h1-25H. The summed E-state index contributed by atoms with van der Waals surface area (Å²) in [7, 11) is 0. The highest BCUT2D eigenvalue weighted by atomic mass is 16.3. The first kappa shape index (κ1) is 24.4. The van der Waals surface area contributed by atoms with Gasteiger partial charge in [0.2, 0.25) is 0 Å². The molecule has 0 aliphatic heterocycles. The molecular formula is C42H25NO2. The Morgan fingerprint density at radius 1 is 0.289 bits per heavy atom. The first-order valence-electron chi connectivity index (χ1n) is 15.3. The van der Waals surface area contributed by atoms with E-state index in [1.807, 2.05) is 24.3 Å². The third-order valence-corrected chi connectivity index (χ3v) is 9.22. The summed E-state index contributed by atoms with van der Waals surface area (Å²) in [6.07, 6.45) is 0. The van der Waals surface area contributed by atoms with Gasteiger partial charge in [0.05, 0.1) is 0 Å². The van der Waals surface area contributed by atoms with E-state index in [0.29, 0.717) is 0 Å². The quantitative estimate of drug-likeness (QED) is 0.196. The van der Waals surface area contributed by atoms with Gasteiger partial charge in [-0.25, -0.2) is 0 Å². The molecule has 8 aromatic carbocycles. The van der Waals surface area contributed by atoms with Gasteiger partial charge in [-0.15, -0.1) is 0 Å². The highest BCUT2D eigenvalue weighted by Gasteiger charge is 2.18. The molecule has 45 heavy (non-hydrogen) atoms. The minimum Gasteiger partial charge on any atom is -0.456 e. The maximum Gasteiger partial charge on any atom is 0.137 e. The van der Waals surface area contributed by atoms with E-state index in [1.54, 1.807) is 0 Å². The van der Waals surface area contributed by atoms with Crippen molar-refractivity contribution in [3.63, 3.8) is 0 Å². The van der Waals surface area contributed by atoms with E-state index in [9.17, 15) is 0 Å². The van der Waals surface area contributed by atoms with Crippen LogP contribution in [0.2, 0.25) is 0 Å². The van der Waals surface area contributed by atoms with Crippen LogP contribution in [0.5, 0.6) is 0 Å². The van der Waals surface area contributed by atoms with Crippen molar-refractivity contribution < 1.29 is 8.83 Å². The van der Waals surface area contributed by atoms with E-state index < -0.39 is 0 Å². The molecule has 2 aromatic heterocycles. The number of anilines is 3. The van der Waals surface area contributed by atoms with E-state index >= 15 is 0 Å². The monoisotopic (exact) mass is 575 g/mol. The predicted octanol–water partition coefficient (Wildman–Crippen LogP) is 12.4. The number of fused-ring (bicyclic) bond motifs is 11. The molecule has 0 radical (unpaired) electrons. The number of benzene rings is 8. The van der Waals surface area contributed by atoms with Gasteiger partial charge < -0.3 is 13.7 Å². The van der Waals surface area contributed by atoms with Gasteiger partial charge in [0.25, 0.3) is 0 Å². The third-order valence-electron chi connectivity index (χ3n) is 9.22. The molecule has 10 aromatic rings. The highest BCUT2D eigenvalue weighted by molar-refractivity contribution is 6.18. The zero-order valence-corrected chi connectivity index (χ0v) is 24.2. The van der Waals surface area contributed by atoms with E-state index in [0.717, 1.165) is 60.9 Å². The van der Waals surface area contributed by atoms with E-state index in [1.165, 1.54) is 32.3 Å². The SMILES string of the molecule is c1ccc2c(c1)ccc1c3ccc(N(c4ccc5c(c4)oc4ccccc45)c4ccc5oc6ccccc6c5c4)cc3ccc21. The van der Waals surface area contributed by atoms with Gasteiger partial charge >= 0.3 is 0 Å². The molecule has 3 heteroatoms. The van der Waals surface area contributed by atoms with Crippen molar-refractivity contribution >= 4 is 93.3 Å². The second-order valence-electron chi connectivity index (χ2n) is 11.7. The van der Waals surface area contributed by atoms with Crippen molar-refractivity contribution in [2.45, 2.75) is 0 Å². The van der Waals surface area contributed by atoms with Crippen LogP contribution in [0, 0.1) is 0 Å². The van der Waals surface area contributed by atoms with Crippen molar-refractivity contribution in [2.75, 3.05) is 4.90 Å². The summed E-state index contributed by atoms with van der Waals surface area (Å²) >= 11 is 0. The van der Waals surface area contributed by atoms with Crippen molar-refractivity contribution in [2.24, 2.45) is 0 Å². The Bertz CT molecular complexity index is 2780. The molecular weight excluding hydrogens is 550 g/mol. The molecule has 0 saturated carbocycles. The molecule has 0 aliphatic carbocycles. The molecule has 0 unspecified atom stereocenters. The molecule has 2 heterocycles. The average molecular weight is 576 g/mol. The van der Waals surface area contributed by atoms with Crippen LogP contribution in [-0.2, 0) is 0 Å². The number of para-hydroxylation sites is 2. The van der Waals surface area contributed by atoms with E-state index in [2.05, 4.69) is 132 Å². The summed E-state index contributed by atoms with van der Waals surface area (Å²) in [6, 6.07) is 53.8. The smallest absolute Gasteiger partial charge is 0.137 e. The molecule has 0 fully saturated rings. The minimum absolute atomic E-state index is 0.868. The fourth-order valence-corrected chi connectivity index (χ4v) is 7.11. The van der Waals surface area contributed by atoms with E-state index in [-0.39, 0.29) is 0 Å². The first-order chi connectivity index (χ1) is 22.3. The second kappa shape index (κ2) is 9.22. The molecule has 0 spiro atoms. The lowest BCUT2D eigenvalue weighted by molar-refractivity contribution is 0.668. The van der Waals surface area contributed by atoms with Gasteiger partial charge in [-0.1, -0.05) is 91.0 Å². The summed E-state index contributed by atoms with van der Waals surface area (Å²) in [4.78, 5) is 2.32. The van der Waals surface area contributed by atoms with Crippen molar-refractivity contribution in [3.8, 4) is 0 Å². The summed E-state index contributed by atoms with van der Waals surface area (Å²) in [5.74, 6) is 0. The number of nitrogens with zero attached hydrogens (tertiary/aromatic N) is 1.